The molecule has 0 aromatic carbocycles. The van der Waals surface area contributed by atoms with E-state index in [0.29, 0.717) is 19.7 Å². The largest absolute Gasteiger partial charge is 0.465 e. The smallest absolute Gasteiger partial charge is 0.322 e. The zero-order valence-electron chi connectivity index (χ0n) is 7.50. The van der Waals surface area contributed by atoms with E-state index in [1.54, 1.807) is 13.8 Å². The molecule has 5 heteroatoms. The minimum atomic E-state index is -0.251. The normalized spacial score (nSPS) is 11.6. The summed E-state index contributed by atoms with van der Waals surface area (Å²) in [6.45, 7) is 5.14. The number of halogens is 1. The first-order valence-corrected chi connectivity index (χ1v) is 3.82. The number of nitrogens with one attached hydrogen (secondary N) is 1. The molecule has 0 heterocycles. The van der Waals surface area contributed by atoms with Gasteiger partial charge >= 0.3 is 5.97 Å². The van der Waals surface area contributed by atoms with Crippen LogP contribution in [0, 0.1) is 0 Å². The van der Waals surface area contributed by atoms with Gasteiger partial charge < -0.3 is 15.8 Å². The quantitative estimate of drug-likeness (QED) is 0.604. The van der Waals surface area contributed by atoms with Gasteiger partial charge in [-0.2, -0.15) is 0 Å². The summed E-state index contributed by atoms with van der Waals surface area (Å²) < 4.78 is 4.76. The Kier molecular flexibility index (Phi) is 10.4. The lowest BCUT2D eigenvalue weighted by Gasteiger charge is -2.10. The van der Waals surface area contributed by atoms with Gasteiger partial charge in [-0.05, 0) is 13.8 Å². The van der Waals surface area contributed by atoms with Crippen LogP contribution in [-0.4, -0.2) is 31.7 Å². The Bertz CT molecular complexity index is 122. The summed E-state index contributed by atoms with van der Waals surface area (Å²) >= 11 is 0. The maximum Gasteiger partial charge on any atom is 0.322 e. The monoisotopic (exact) mass is 196 g/mol. The Hall–Kier alpha value is -0.320. The molecule has 0 aliphatic rings. The topological polar surface area (TPSA) is 64.3 Å². The van der Waals surface area contributed by atoms with Crippen molar-refractivity contribution in [3.8, 4) is 0 Å². The Balaban J connectivity index is 0. The first-order chi connectivity index (χ1) is 5.22. The van der Waals surface area contributed by atoms with Crippen LogP contribution in [-0.2, 0) is 9.53 Å². The highest BCUT2D eigenvalue weighted by molar-refractivity contribution is 5.85. The summed E-state index contributed by atoms with van der Waals surface area (Å²) in [5.74, 6) is -0.221. The Morgan fingerprint density at radius 2 is 2.25 bits per heavy atom. The summed E-state index contributed by atoms with van der Waals surface area (Å²) in [6.07, 6.45) is 0. The summed E-state index contributed by atoms with van der Waals surface area (Å²) in [4.78, 5) is 10.9. The first kappa shape index (κ1) is 14.2. The van der Waals surface area contributed by atoms with E-state index >= 15 is 0 Å². The summed E-state index contributed by atoms with van der Waals surface area (Å²) in [6, 6.07) is -0.251. The van der Waals surface area contributed by atoms with E-state index in [0.717, 1.165) is 0 Å². The van der Waals surface area contributed by atoms with Crippen molar-refractivity contribution < 1.29 is 9.53 Å². The molecular formula is C7H17ClN2O2. The van der Waals surface area contributed by atoms with Crippen molar-refractivity contribution in [3.63, 3.8) is 0 Å². The van der Waals surface area contributed by atoms with Gasteiger partial charge in [0.2, 0.25) is 0 Å². The second kappa shape index (κ2) is 8.77. The van der Waals surface area contributed by atoms with E-state index in [2.05, 4.69) is 5.32 Å². The highest BCUT2D eigenvalue weighted by Crippen LogP contribution is 1.85. The molecule has 0 rings (SSSR count). The van der Waals surface area contributed by atoms with Gasteiger partial charge in [-0.1, -0.05) is 0 Å². The summed E-state index contributed by atoms with van der Waals surface area (Å²) in [5.41, 5.74) is 5.24. The van der Waals surface area contributed by atoms with Crippen molar-refractivity contribution in [2.45, 2.75) is 19.9 Å². The van der Waals surface area contributed by atoms with Gasteiger partial charge in [-0.25, -0.2) is 0 Å². The van der Waals surface area contributed by atoms with E-state index in [4.69, 9.17) is 10.5 Å². The van der Waals surface area contributed by atoms with Crippen LogP contribution in [0.1, 0.15) is 13.8 Å². The molecule has 0 aromatic heterocycles. The van der Waals surface area contributed by atoms with Crippen molar-refractivity contribution in [3.05, 3.63) is 0 Å². The lowest BCUT2D eigenvalue weighted by Crippen LogP contribution is -2.38. The third-order valence-electron chi connectivity index (χ3n) is 1.24. The fraction of sp³-hybridized carbons (Fsp3) is 0.857. The maximum absolute atomic E-state index is 10.9. The highest BCUT2D eigenvalue weighted by Gasteiger charge is 2.11. The van der Waals surface area contributed by atoms with Gasteiger partial charge in [0.1, 0.15) is 6.04 Å². The third kappa shape index (κ3) is 6.39. The summed E-state index contributed by atoms with van der Waals surface area (Å²) in [7, 11) is 0. The molecule has 0 saturated carbocycles. The van der Waals surface area contributed by atoms with Crippen molar-refractivity contribution in [1.29, 1.82) is 0 Å². The van der Waals surface area contributed by atoms with Gasteiger partial charge in [0.05, 0.1) is 6.61 Å². The number of esters is 1. The molecule has 0 fully saturated rings. The molecule has 0 unspecified atom stereocenters. The second-order valence-corrected chi connectivity index (χ2v) is 2.22. The van der Waals surface area contributed by atoms with Gasteiger partial charge in [0, 0.05) is 13.1 Å². The Morgan fingerprint density at radius 3 is 2.67 bits per heavy atom. The second-order valence-electron chi connectivity index (χ2n) is 2.22. The number of rotatable bonds is 5. The standard InChI is InChI=1S/C7H16N2O2.ClH/c1-3-11-7(10)6(2)9-5-4-8;/h6,9H,3-5,8H2,1-2H3;1H/t6-;/m0./s1. The minimum absolute atomic E-state index is 0. The van der Waals surface area contributed by atoms with Crippen LogP contribution in [0.5, 0.6) is 0 Å². The molecular weight excluding hydrogens is 180 g/mol. The molecule has 1 atom stereocenters. The number of ether oxygens (including phenoxy) is 1. The molecule has 0 spiro atoms. The van der Waals surface area contributed by atoms with Crippen LogP contribution >= 0.6 is 12.4 Å². The van der Waals surface area contributed by atoms with Crippen LogP contribution in [0.4, 0.5) is 0 Å². The maximum atomic E-state index is 10.9. The van der Waals surface area contributed by atoms with Crippen LogP contribution < -0.4 is 11.1 Å². The molecule has 0 aliphatic heterocycles. The van der Waals surface area contributed by atoms with E-state index in [1.807, 2.05) is 0 Å². The fourth-order valence-corrected chi connectivity index (χ4v) is 0.650. The van der Waals surface area contributed by atoms with Crippen molar-refractivity contribution in [2.24, 2.45) is 5.73 Å². The van der Waals surface area contributed by atoms with Crippen molar-refractivity contribution in [2.75, 3.05) is 19.7 Å². The molecule has 3 N–H and O–H groups in total. The molecule has 12 heavy (non-hydrogen) atoms. The van der Waals surface area contributed by atoms with E-state index < -0.39 is 0 Å². The number of hydrogen-bond acceptors (Lipinski definition) is 4. The average molecular weight is 197 g/mol. The zero-order valence-corrected chi connectivity index (χ0v) is 8.32. The van der Waals surface area contributed by atoms with Crippen molar-refractivity contribution in [1.82, 2.24) is 5.32 Å². The number of hydrogen-bond donors (Lipinski definition) is 2. The molecule has 0 aromatic rings. The Morgan fingerprint density at radius 1 is 1.67 bits per heavy atom. The highest BCUT2D eigenvalue weighted by atomic mass is 35.5. The van der Waals surface area contributed by atoms with Crippen LogP contribution in [0.2, 0.25) is 0 Å². The molecule has 0 amide bonds. The van der Waals surface area contributed by atoms with Gasteiger partial charge in [0.25, 0.3) is 0 Å². The molecule has 0 bridgehead atoms. The SMILES string of the molecule is CCOC(=O)[C@H](C)NCCN.Cl. The molecule has 0 saturated heterocycles. The summed E-state index contributed by atoms with van der Waals surface area (Å²) in [5, 5.41) is 2.92. The number of carbonyl (C=O) groups is 1. The van der Waals surface area contributed by atoms with E-state index in [1.165, 1.54) is 0 Å². The third-order valence-corrected chi connectivity index (χ3v) is 1.24. The molecule has 74 valence electrons. The molecule has 0 aliphatic carbocycles. The average Bonchev–Trinajstić information content (AvgIpc) is 2.00. The first-order valence-electron chi connectivity index (χ1n) is 3.82. The minimum Gasteiger partial charge on any atom is -0.465 e. The predicted molar refractivity (Wildman–Crippen MR) is 50.4 cm³/mol. The molecule has 4 nitrogen and oxygen atoms in total. The lowest BCUT2D eigenvalue weighted by molar-refractivity contribution is -0.145. The van der Waals surface area contributed by atoms with E-state index in [9.17, 15) is 4.79 Å². The molecule has 0 radical (unpaired) electrons. The number of carbonyl (C=O) groups excluding carboxylic acids is 1. The van der Waals surface area contributed by atoms with Gasteiger partial charge in [-0.3, -0.25) is 4.79 Å². The van der Waals surface area contributed by atoms with Crippen LogP contribution in [0.15, 0.2) is 0 Å². The van der Waals surface area contributed by atoms with Crippen LogP contribution in [0.25, 0.3) is 0 Å². The fourth-order valence-electron chi connectivity index (χ4n) is 0.650. The lowest BCUT2D eigenvalue weighted by atomic mass is 10.3. The van der Waals surface area contributed by atoms with Crippen molar-refractivity contribution >= 4 is 18.4 Å². The number of nitrogens with two attached hydrogens (primary N) is 1. The zero-order chi connectivity index (χ0) is 8.69. The van der Waals surface area contributed by atoms with Gasteiger partial charge in [-0.15, -0.1) is 12.4 Å². The van der Waals surface area contributed by atoms with Gasteiger partial charge in [0.15, 0.2) is 0 Å². The predicted octanol–water partition coefficient (Wildman–Crippen LogP) is -0.0919. The van der Waals surface area contributed by atoms with Crippen LogP contribution in [0.3, 0.4) is 0 Å². The Labute approximate surface area is 79.2 Å². The van der Waals surface area contributed by atoms with E-state index in [-0.39, 0.29) is 24.4 Å².